The van der Waals surface area contributed by atoms with E-state index in [0.29, 0.717) is 40.2 Å². The fraction of sp³-hybridized carbons (Fsp3) is 0.158. The summed E-state index contributed by atoms with van der Waals surface area (Å²) in [6.07, 6.45) is 0. The van der Waals surface area contributed by atoms with Crippen molar-refractivity contribution >= 4 is 40.0 Å². The molecular formula is C19H16Cl2N2O2. The van der Waals surface area contributed by atoms with E-state index in [4.69, 9.17) is 27.9 Å². The topological polar surface area (TPSA) is 42.4 Å². The van der Waals surface area contributed by atoms with Crippen molar-refractivity contribution in [2.45, 2.75) is 0 Å². The lowest BCUT2D eigenvalue weighted by Gasteiger charge is -2.19. The van der Waals surface area contributed by atoms with Gasteiger partial charge < -0.3 is 9.64 Å². The molecule has 0 unspecified atom stereocenters. The Morgan fingerprint density at radius 1 is 1.12 bits per heavy atom. The van der Waals surface area contributed by atoms with Crippen LogP contribution in [0.15, 0.2) is 54.6 Å². The van der Waals surface area contributed by atoms with Crippen LogP contribution in [0.3, 0.4) is 0 Å². The van der Waals surface area contributed by atoms with Gasteiger partial charge in [-0.3, -0.25) is 4.79 Å². The number of benzene rings is 2. The molecule has 1 aromatic heterocycles. The predicted molar refractivity (Wildman–Crippen MR) is 101 cm³/mol. The summed E-state index contributed by atoms with van der Waals surface area (Å²) in [6.45, 7) is 0.751. The number of likely N-dealkylation sites (N-methyl/N-ethyl adjacent to an activating group) is 1. The summed E-state index contributed by atoms with van der Waals surface area (Å²) in [5.74, 6) is 0.464. The van der Waals surface area contributed by atoms with Gasteiger partial charge in [-0.05, 0) is 24.3 Å². The molecule has 0 N–H and O–H groups in total. The molecular weight excluding hydrogens is 359 g/mol. The molecule has 3 rings (SSSR count). The number of ether oxygens (including phenoxy) is 1. The maximum absolute atomic E-state index is 12.8. The molecule has 0 spiro atoms. The van der Waals surface area contributed by atoms with E-state index in [1.54, 1.807) is 30.1 Å². The van der Waals surface area contributed by atoms with Gasteiger partial charge in [-0.15, -0.1) is 0 Å². The zero-order chi connectivity index (χ0) is 17.8. The summed E-state index contributed by atoms with van der Waals surface area (Å²) in [4.78, 5) is 18.6. The number of pyridine rings is 1. The van der Waals surface area contributed by atoms with Gasteiger partial charge in [-0.1, -0.05) is 53.5 Å². The lowest BCUT2D eigenvalue weighted by Crippen LogP contribution is -2.31. The molecule has 3 aromatic rings. The number of para-hydroxylation sites is 2. The highest BCUT2D eigenvalue weighted by atomic mass is 35.5. The first-order chi connectivity index (χ1) is 12.1. The summed E-state index contributed by atoms with van der Waals surface area (Å²) in [5.41, 5.74) is 1.22. The molecule has 25 heavy (non-hydrogen) atoms. The quantitative estimate of drug-likeness (QED) is 0.608. The first-order valence-corrected chi connectivity index (χ1v) is 8.50. The van der Waals surface area contributed by atoms with Crippen LogP contribution < -0.4 is 4.74 Å². The summed E-state index contributed by atoms with van der Waals surface area (Å²) in [7, 11) is 1.72. The molecule has 0 radical (unpaired) electrons. The Balaban J connectivity index is 1.72. The minimum absolute atomic E-state index is 0.136. The largest absolute Gasteiger partial charge is 0.490 e. The van der Waals surface area contributed by atoms with Crippen LogP contribution in [0.1, 0.15) is 10.4 Å². The highest BCUT2D eigenvalue weighted by Crippen LogP contribution is 2.24. The summed E-state index contributed by atoms with van der Waals surface area (Å²) < 4.78 is 5.64. The lowest BCUT2D eigenvalue weighted by atomic mass is 10.1. The van der Waals surface area contributed by atoms with Crippen LogP contribution in [-0.4, -0.2) is 36.0 Å². The summed E-state index contributed by atoms with van der Waals surface area (Å²) >= 11 is 12.1. The zero-order valence-electron chi connectivity index (χ0n) is 13.6. The fourth-order valence-electron chi connectivity index (χ4n) is 2.48. The van der Waals surface area contributed by atoms with E-state index >= 15 is 0 Å². The van der Waals surface area contributed by atoms with Gasteiger partial charge in [0.2, 0.25) is 0 Å². The monoisotopic (exact) mass is 374 g/mol. The van der Waals surface area contributed by atoms with Gasteiger partial charge in [-0.2, -0.15) is 0 Å². The Morgan fingerprint density at radius 3 is 2.64 bits per heavy atom. The average Bonchev–Trinajstić information content (AvgIpc) is 2.61. The van der Waals surface area contributed by atoms with Crippen LogP contribution in [0, 0.1) is 0 Å². The molecule has 0 fully saturated rings. The van der Waals surface area contributed by atoms with E-state index in [1.165, 1.54) is 0 Å². The predicted octanol–water partition coefficient (Wildman–Crippen LogP) is 4.69. The highest BCUT2D eigenvalue weighted by Gasteiger charge is 2.16. The minimum Gasteiger partial charge on any atom is -0.490 e. The third-order valence-corrected chi connectivity index (χ3v) is 4.29. The van der Waals surface area contributed by atoms with Crippen LogP contribution >= 0.6 is 23.2 Å². The van der Waals surface area contributed by atoms with Gasteiger partial charge in [-0.25, -0.2) is 4.98 Å². The number of hydrogen-bond donors (Lipinski definition) is 0. The van der Waals surface area contributed by atoms with Crippen LogP contribution in [0.25, 0.3) is 10.9 Å². The summed E-state index contributed by atoms with van der Waals surface area (Å²) in [6, 6.07) is 16.3. The van der Waals surface area contributed by atoms with Gasteiger partial charge in [0.05, 0.1) is 22.6 Å². The number of fused-ring (bicyclic) bond motifs is 1. The molecule has 0 aliphatic rings. The van der Waals surface area contributed by atoms with Crippen LogP contribution in [0.5, 0.6) is 5.75 Å². The molecule has 0 saturated carbocycles. The summed E-state index contributed by atoms with van der Waals surface area (Å²) in [5, 5.41) is 1.61. The van der Waals surface area contributed by atoms with E-state index in [9.17, 15) is 4.79 Å². The van der Waals surface area contributed by atoms with E-state index in [1.807, 2.05) is 36.4 Å². The molecule has 4 nitrogen and oxygen atoms in total. The zero-order valence-corrected chi connectivity index (χ0v) is 15.1. The Bertz CT molecular complexity index is 915. The van der Waals surface area contributed by atoms with Crippen molar-refractivity contribution in [3.05, 3.63) is 70.3 Å². The maximum atomic E-state index is 12.8. The van der Waals surface area contributed by atoms with Gasteiger partial charge in [0.25, 0.3) is 5.91 Å². The Kier molecular flexibility index (Phi) is 5.41. The average molecular weight is 375 g/mol. The SMILES string of the molecule is CN(CCOc1ccccc1Cl)C(=O)c1cc(Cl)nc2ccccc12. The molecule has 0 bridgehead atoms. The van der Waals surface area contributed by atoms with Crippen LogP contribution in [0.2, 0.25) is 10.2 Å². The Morgan fingerprint density at radius 2 is 1.84 bits per heavy atom. The van der Waals surface area contributed by atoms with Crippen molar-refractivity contribution in [3.63, 3.8) is 0 Å². The Labute approximate surface area is 155 Å². The van der Waals surface area contributed by atoms with E-state index in [2.05, 4.69) is 4.98 Å². The third kappa shape index (κ3) is 4.03. The number of rotatable bonds is 5. The third-order valence-electron chi connectivity index (χ3n) is 3.78. The smallest absolute Gasteiger partial charge is 0.254 e. The number of carbonyl (C=O) groups is 1. The van der Waals surface area contributed by atoms with Crippen molar-refractivity contribution in [3.8, 4) is 5.75 Å². The molecule has 0 atom stereocenters. The van der Waals surface area contributed by atoms with E-state index in [-0.39, 0.29) is 5.91 Å². The number of amides is 1. The van der Waals surface area contributed by atoms with E-state index in [0.717, 1.165) is 5.39 Å². The molecule has 128 valence electrons. The standard InChI is InChI=1S/C19H16Cl2N2O2/c1-23(10-11-25-17-9-5-3-7-15(17)20)19(24)14-12-18(21)22-16-8-4-2-6-13(14)16/h2-9,12H,10-11H2,1H3. The van der Waals surface area contributed by atoms with E-state index < -0.39 is 0 Å². The van der Waals surface area contributed by atoms with Crippen molar-refractivity contribution < 1.29 is 9.53 Å². The van der Waals surface area contributed by atoms with Crippen molar-refractivity contribution in [1.82, 2.24) is 9.88 Å². The molecule has 6 heteroatoms. The van der Waals surface area contributed by atoms with Gasteiger partial charge in [0.15, 0.2) is 0 Å². The molecule has 1 heterocycles. The first-order valence-electron chi connectivity index (χ1n) is 7.74. The van der Waals surface area contributed by atoms with Gasteiger partial charge in [0.1, 0.15) is 17.5 Å². The number of nitrogens with zero attached hydrogens (tertiary/aromatic N) is 2. The minimum atomic E-state index is -0.136. The van der Waals surface area contributed by atoms with Gasteiger partial charge in [0, 0.05) is 12.4 Å². The number of aromatic nitrogens is 1. The number of halogens is 2. The second-order valence-electron chi connectivity index (χ2n) is 5.52. The first kappa shape index (κ1) is 17.5. The van der Waals surface area contributed by atoms with Gasteiger partial charge >= 0.3 is 0 Å². The van der Waals surface area contributed by atoms with Crippen molar-refractivity contribution in [2.75, 3.05) is 20.2 Å². The lowest BCUT2D eigenvalue weighted by molar-refractivity contribution is 0.0775. The number of carbonyl (C=O) groups excluding carboxylic acids is 1. The molecule has 0 aliphatic heterocycles. The molecule has 0 aliphatic carbocycles. The molecule has 1 amide bonds. The van der Waals surface area contributed by atoms with Crippen molar-refractivity contribution in [1.29, 1.82) is 0 Å². The van der Waals surface area contributed by atoms with Crippen molar-refractivity contribution in [2.24, 2.45) is 0 Å². The van der Waals surface area contributed by atoms with Crippen LogP contribution in [0.4, 0.5) is 0 Å². The van der Waals surface area contributed by atoms with Crippen LogP contribution in [-0.2, 0) is 0 Å². The Hall–Kier alpha value is -2.30. The molecule has 2 aromatic carbocycles. The fourth-order valence-corrected chi connectivity index (χ4v) is 2.87. The normalized spacial score (nSPS) is 10.7. The number of hydrogen-bond acceptors (Lipinski definition) is 3. The second kappa shape index (κ2) is 7.72. The maximum Gasteiger partial charge on any atom is 0.254 e. The second-order valence-corrected chi connectivity index (χ2v) is 6.31. The highest BCUT2D eigenvalue weighted by molar-refractivity contribution is 6.32. The molecule has 0 saturated heterocycles.